The molecule has 0 saturated heterocycles. The summed E-state index contributed by atoms with van der Waals surface area (Å²) < 4.78 is 36.8. The SMILES string of the molecule is CNS(=O)(=O)c1cccc(C(=O)N[C@@H](C)COc2ccccc2OC)c1. The van der Waals surface area contributed by atoms with E-state index in [9.17, 15) is 13.2 Å². The normalized spacial score (nSPS) is 12.3. The van der Waals surface area contributed by atoms with Crippen molar-refractivity contribution in [2.75, 3.05) is 20.8 Å². The van der Waals surface area contributed by atoms with Gasteiger partial charge in [0.25, 0.3) is 5.91 Å². The van der Waals surface area contributed by atoms with Gasteiger partial charge >= 0.3 is 0 Å². The molecule has 0 fully saturated rings. The Balaban J connectivity index is 2.00. The standard InChI is InChI=1S/C18H22N2O5S/c1-13(12-25-17-10-5-4-9-16(17)24-3)20-18(21)14-7-6-8-15(11-14)26(22,23)19-2/h4-11,13,19H,12H2,1-3H3,(H,20,21)/t13-/m0/s1. The van der Waals surface area contributed by atoms with Crippen molar-refractivity contribution in [3.8, 4) is 11.5 Å². The Labute approximate surface area is 153 Å². The van der Waals surface area contributed by atoms with Crippen LogP contribution in [0, 0.1) is 0 Å². The molecule has 140 valence electrons. The van der Waals surface area contributed by atoms with Gasteiger partial charge < -0.3 is 14.8 Å². The number of rotatable bonds is 8. The van der Waals surface area contributed by atoms with Crippen LogP contribution < -0.4 is 19.5 Å². The summed E-state index contributed by atoms with van der Waals surface area (Å²) >= 11 is 0. The van der Waals surface area contributed by atoms with E-state index in [2.05, 4.69) is 10.0 Å². The minimum atomic E-state index is -3.61. The molecule has 1 amide bonds. The van der Waals surface area contributed by atoms with Gasteiger partial charge in [0, 0.05) is 5.56 Å². The van der Waals surface area contributed by atoms with Gasteiger partial charge in [-0.3, -0.25) is 4.79 Å². The maximum atomic E-state index is 12.4. The van der Waals surface area contributed by atoms with Crippen molar-refractivity contribution in [3.63, 3.8) is 0 Å². The van der Waals surface area contributed by atoms with Gasteiger partial charge in [0.15, 0.2) is 11.5 Å². The fourth-order valence-corrected chi connectivity index (χ4v) is 3.00. The fourth-order valence-electron chi connectivity index (χ4n) is 2.22. The van der Waals surface area contributed by atoms with E-state index in [1.165, 1.54) is 25.2 Å². The van der Waals surface area contributed by atoms with Crippen molar-refractivity contribution in [1.82, 2.24) is 10.0 Å². The summed E-state index contributed by atoms with van der Waals surface area (Å²) in [6, 6.07) is 12.8. The number of ether oxygens (including phenoxy) is 2. The van der Waals surface area contributed by atoms with E-state index >= 15 is 0 Å². The molecule has 0 aliphatic rings. The molecule has 26 heavy (non-hydrogen) atoms. The highest BCUT2D eigenvalue weighted by Crippen LogP contribution is 2.25. The maximum absolute atomic E-state index is 12.4. The first-order chi connectivity index (χ1) is 12.4. The smallest absolute Gasteiger partial charge is 0.251 e. The molecule has 0 aliphatic carbocycles. The van der Waals surface area contributed by atoms with Gasteiger partial charge in [0.05, 0.1) is 18.0 Å². The van der Waals surface area contributed by atoms with Crippen molar-refractivity contribution < 1.29 is 22.7 Å². The molecule has 2 rings (SSSR count). The van der Waals surface area contributed by atoms with Gasteiger partial charge in [0.2, 0.25) is 10.0 Å². The zero-order chi connectivity index (χ0) is 19.2. The lowest BCUT2D eigenvalue weighted by Crippen LogP contribution is -2.36. The third-order valence-electron chi connectivity index (χ3n) is 3.61. The lowest BCUT2D eigenvalue weighted by Gasteiger charge is -2.16. The minimum Gasteiger partial charge on any atom is -0.493 e. The van der Waals surface area contributed by atoms with Crippen LogP contribution in [-0.2, 0) is 10.0 Å². The topological polar surface area (TPSA) is 93.7 Å². The molecule has 0 aliphatic heterocycles. The average molecular weight is 378 g/mol. The fraction of sp³-hybridized carbons (Fsp3) is 0.278. The number of hydrogen-bond donors (Lipinski definition) is 2. The third-order valence-corrected chi connectivity index (χ3v) is 5.02. The van der Waals surface area contributed by atoms with Gasteiger partial charge in [0.1, 0.15) is 6.61 Å². The second-order valence-electron chi connectivity index (χ2n) is 5.57. The van der Waals surface area contributed by atoms with E-state index in [1.807, 2.05) is 12.1 Å². The van der Waals surface area contributed by atoms with E-state index in [0.29, 0.717) is 11.5 Å². The third kappa shape index (κ3) is 4.96. The van der Waals surface area contributed by atoms with Crippen LogP contribution in [0.3, 0.4) is 0 Å². The molecule has 0 unspecified atom stereocenters. The largest absolute Gasteiger partial charge is 0.493 e. The van der Waals surface area contributed by atoms with Gasteiger partial charge in [-0.05, 0) is 44.3 Å². The lowest BCUT2D eigenvalue weighted by molar-refractivity contribution is 0.0926. The van der Waals surface area contributed by atoms with E-state index in [1.54, 1.807) is 32.2 Å². The molecule has 7 nitrogen and oxygen atoms in total. The number of para-hydroxylation sites is 2. The predicted octanol–water partition coefficient (Wildman–Crippen LogP) is 1.80. The number of benzene rings is 2. The molecule has 1 atom stereocenters. The van der Waals surface area contributed by atoms with E-state index in [4.69, 9.17) is 9.47 Å². The highest BCUT2D eigenvalue weighted by atomic mass is 32.2. The zero-order valence-electron chi connectivity index (χ0n) is 14.9. The van der Waals surface area contributed by atoms with Gasteiger partial charge in [-0.25, -0.2) is 13.1 Å². The number of nitrogens with one attached hydrogen (secondary N) is 2. The van der Waals surface area contributed by atoms with E-state index in [0.717, 1.165) is 0 Å². The first-order valence-electron chi connectivity index (χ1n) is 7.97. The molecule has 0 radical (unpaired) electrons. The van der Waals surface area contributed by atoms with Gasteiger partial charge in [-0.2, -0.15) is 0 Å². The predicted molar refractivity (Wildman–Crippen MR) is 98.1 cm³/mol. The zero-order valence-corrected chi connectivity index (χ0v) is 15.7. The molecular weight excluding hydrogens is 356 g/mol. The summed E-state index contributed by atoms with van der Waals surface area (Å²) in [6.07, 6.45) is 0. The molecule has 8 heteroatoms. The molecule has 0 saturated carbocycles. The first-order valence-corrected chi connectivity index (χ1v) is 9.46. The summed E-state index contributed by atoms with van der Waals surface area (Å²) in [7, 11) is -0.731. The molecule has 0 bridgehead atoms. The summed E-state index contributed by atoms with van der Waals surface area (Å²) in [6.45, 7) is 2.03. The van der Waals surface area contributed by atoms with Crippen molar-refractivity contribution in [2.45, 2.75) is 17.9 Å². The van der Waals surface area contributed by atoms with E-state index < -0.39 is 10.0 Å². The Kier molecular flexibility index (Phi) is 6.59. The molecule has 0 aromatic heterocycles. The number of carbonyl (C=O) groups excluding carboxylic acids is 1. The summed E-state index contributed by atoms with van der Waals surface area (Å²) in [5.41, 5.74) is 0.255. The summed E-state index contributed by atoms with van der Waals surface area (Å²) in [5.74, 6) is 0.809. The average Bonchev–Trinajstić information content (AvgIpc) is 2.66. The number of carbonyl (C=O) groups is 1. The summed E-state index contributed by atoms with van der Waals surface area (Å²) in [5, 5.41) is 2.78. The monoisotopic (exact) mass is 378 g/mol. The van der Waals surface area contributed by atoms with Crippen LogP contribution in [0.5, 0.6) is 11.5 Å². The van der Waals surface area contributed by atoms with Crippen LogP contribution in [0.15, 0.2) is 53.4 Å². The van der Waals surface area contributed by atoms with Crippen LogP contribution in [0.2, 0.25) is 0 Å². The number of hydrogen-bond acceptors (Lipinski definition) is 5. The Hall–Kier alpha value is -2.58. The Morgan fingerprint density at radius 1 is 1.12 bits per heavy atom. The van der Waals surface area contributed by atoms with Crippen LogP contribution in [0.25, 0.3) is 0 Å². The number of sulfonamides is 1. The second-order valence-corrected chi connectivity index (χ2v) is 7.46. The quantitative estimate of drug-likeness (QED) is 0.731. The lowest BCUT2D eigenvalue weighted by atomic mass is 10.2. The van der Waals surface area contributed by atoms with Crippen LogP contribution in [0.1, 0.15) is 17.3 Å². The Bertz CT molecular complexity index is 867. The van der Waals surface area contributed by atoms with Crippen molar-refractivity contribution >= 4 is 15.9 Å². The molecule has 2 aromatic carbocycles. The van der Waals surface area contributed by atoms with Gasteiger partial charge in [-0.15, -0.1) is 0 Å². The van der Waals surface area contributed by atoms with Crippen LogP contribution >= 0.6 is 0 Å². The van der Waals surface area contributed by atoms with Gasteiger partial charge in [-0.1, -0.05) is 18.2 Å². The first kappa shape index (κ1) is 19.7. The van der Waals surface area contributed by atoms with Crippen LogP contribution in [-0.4, -0.2) is 41.1 Å². The van der Waals surface area contributed by atoms with Crippen molar-refractivity contribution in [3.05, 3.63) is 54.1 Å². The molecule has 2 aromatic rings. The molecular formula is C18H22N2O5S. The second kappa shape index (κ2) is 8.68. The number of methoxy groups -OCH3 is 1. The van der Waals surface area contributed by atoms with Crippen molar-refractivity contribution in [1.29, 1.82) is 0 Å². The Morgan fingerprint density at radius 3 is 2.46 bits per heavy atom. The maximum Gasteiger partial charge on any atom is 0.251 e. The number of amides is 1. The molecule has 0 heterocycles. The van der Waals surface area contributed by atoms with Crippen LogP contribution in [0.4, 0.5) is 0 Å². The minimum absolute atomic E-state index is 0.0329. The highest BCUT2D eigenvalue weighted by Gasteiger charge is 2.16. The highest BCUT2D eigenvalue weighted by molar-refractivity contribution is 7.89. The Morgan fingerprint density at radius 2 is 1.81 bits per heavy atom. The summed E-state index contributed by atoms with van der Waals surface area (Å²) in [4.78, 5) is 12.4. The van der Waals surface area contributed by atoms with Crippen molar-refractivity contribution in [2.24, 2.45) is 0 Å². The molecule has 0 spiro atoms. The van der Waals surface area contributed by atoms with E-state index in [-0.39, 0.29) is 29.0 Å². The molecule has 2 N–H and O–H groups in total.